The first-order chi connectivity index (χ1) is 10.7. The van der Waals surface area contributed by atoms with Crippen molar-refractivity contribution in [3.05, 3.63) is 70.9 Å². The number of amides is 1. The largest absolute Gasteiger partial charge is 0.452 e. The minimum Gasteiger partial charge on any atom is -0.452 e. The van der Waals surface area contributed by atoms with E-state index in [1.54, 1.807) is 0 Å². The zero-order valence-electron chi connectivity index (χ0n) is 11.6. The topological polar surface area (TPSA) is 66.0 Å². The standard InChI is InChI=1S/C17H12N2O3/c20-14-10-19(21)16(11-6-2-1-3-7-11)17-15(18-14)12-8-4-5-9-13(12)22-17/h1-9,21H,10H2. The SMILES string of the molecule is O=C1CN(O)C(c2ccccc2)=c2oc3ccccc3c2=N1. The highest BCUT2D eigenvalue weighted by atomic mass is 16.5. The van der Waals surface area contributed by atoms with Gasteiger partial charge in [-0.3, -0.25) is 10.0 Å². The van der Waals surface area contributed by atoms with Crippen molar-refractivity contribution in [2.24, 2.45) is 4.99 Å². The van der Waals surface area contributed by atoms with Crippen LogP contribution in [0.3, 0.4) is 0 Å². The van der Waals surface area contributed by atoms with Crippen molar-refractivity contribution in [1.82, 2.24) is 5.06 Å². The maximum atomic E-state index is 12.0. The molecule has 1 aliphatic heterocycles. The average Bonchev–Trinajstić information content (AvgIpc) is 2.81. The number of rotatable bonds is 1. The van der Waals surface area contributed by atoms with Crippen molar-refractivity contribution in [2.75, 3.05) is 6.54 Å². The molecule has 1 N–H and O–H groups in total. The molecule has 4 rings (SSSR count). The van der Waals surface area contributed by atoms with Gasteiger partial charge < -0.3 is 4.42 Å². The van der Waals surface area contributed by atoms with Gasteiger partial charge in [0.2, 0.25) is 0 Å². The van der Waals surface area contributed by atoms with Crippen LogP contribution >= 0.6 is 0 Å². The first-order valence-corrected chi connectivity index (χ1v) is 6.89. The molecule has 0 bridgehead atoms. The summed E-state index contributed by atoms with van der Waals surface area (Å²) in [6.45, 7) is -0.206. The Hall–Kier alpha value is -2.92. The van der Waals surface area contributed by atoms with Crippen molar-refractivity contribution < 1.29 is 14.4 Å². The van der Waals surface area contributed by atoms with Crippen LogP contribution in [0.25, 0.3) is 16.7 Å². The Balaban J connectivity index is 2.21. The lowest BCUT2D eigenvalue weighted by Crippen LogP contribution is -2.29. The summed E-state index contributed by atoms with van der Waals surface area (Å²) >= 11 is 0. The summed E-state index contributed by atoms with van der Waals surface area (Å²) in [4.78, 5) is 16.1. The number of carbonyl (C=O) groups excluding carboxylic acids is 1. The lowest BCUT2D eigenvalue weighted by Gasteiger charge is -2.16. The number of benzene rings is 2. The van der Waals surface area contributed by atoms with Gasteiger partial charge in [0.25, 0.3) is 5.91 Å². The summed E-state index contributed by atoms with van der Waals surface area (Å²) < 4.78 is 5.87. The van der Waals surface area contributed by atoms with Crippen LogP contribution in [0.15, 0.2) is 64.0 Å². The van der Waals surface area contributed by atoms with E-state index in [-0.39, 0.29) is 6.54 Å². The van der Waals surface area contributed by atoms with Gasteiger partial charge in [-0.15, -0.1) is 0 Å². The van der Waals surface area contributed by atoms with Crippen molar-refractivity contribution in [3.63, 3.8) is 0 Å². The van der Waals surface area contributed by atoms with Gasteiger partial charge in [0, 0.05) is 10.9 Å². The Bertz CT molecular complexity index is 990. The second kappa shape index (κ2) is 4.82. The Morgan fingerprint density at radius 3 is 2.59 bits per heavy atom. The van der Waals surface area contributed by atoms with Gasteiger partial charge in [-0.05, 0) is 12.1 Å². The maximum absolute atomic E-state index is 12.0. The fourth-order valence-corrected chi connectivity index (χ4v) is 2.66. The third kappa shape index (κ3) is 1.91. The fourth-order valence-electron chi connectivity index (χ4n) is 2.66. The third-order valence-electron chi connectivity index (χ3n) is 3.61. The molecule has 0 unspecified atom stereocenters. The number of carbonyl (C=O) groups is 1. The van der Waals surface area contributed by atoms with Crippen LogP contribution in [-0.2, 0) is 4.79 Å². The molecule has 5 nitrogen and oxygen atoms in total. The summed E-state index contributed by atoms with van der Waals surface area (Å²) in [5, 5.41) is 12.4. The molecule has 2 heterocycles. The van der Waals surface area contributed by atoms with E-state index in [0.29, 0.717) is 22.1 Å². The predicted molar refractivity (Wildman–Crippen MR) is 79.4 cm³/mol. The minimum absolute atomic E-state index is 0.206. The number of para-hydroxylation sites is 1. The Morgan fingerprint density at radius 2 is 1.77 bits per heavy atom. The highest BCUT2D eigenvalue weighted by Crippen LogP contribution is 2.17. The first kappa shape index (κ1) is 12.8. The third-order valence-corrected chi connectivity index (χ3v) is 3.61. The van der Waals surface area contributed by atoms with E-state index in [1.165, 1.54) is 0 Å². The number of furan rings is 1. The molecule has 3 aromatic rings. The quantitative estimate of drug-likeness (QED) is 0.737. The summed E-state index contributed by atoms with van der Waals surface area (Å²) in [7, 11) is 0. The molecule has 0 fully saturated rings. The smallest absolute Gasteiger partial charge is 0.268 e. The number of hydrogen-bond acceptors (Lipinski definition) is 4. The van der Waals surface area contributed by atoms with Gasteiger partial charge in [0.15, 0.2) is 5.42 Å². The van der Waals surface area contributed by atoms with Crippen LogP contribution in [-0.4, -0.2) is 22.7 Å². The molecule has 2 aromatic carbocycles. The number of hydroxylamine groups is 2. The van der Waals surface area contributed by atoms with Crippen LogP contribution in [0.2, 0.25) is 0 Å². The Kier molecular flexibility index (Phi) is 2.80. The van der Waals surface area contributed by atoms with Crippen LogP contribution in [0, 0.1) is 0 Å². The van der Waals surface area contributed by atoms with Crippen LogP contribution in [0.1, 0.15) is 5.56 Å². The van der Waals surface area contributed by atoms with E-state index >= 15 is 0 Å². The minimum atomic E-state index is -0.416. The van der Waals surface area contributed by atoms with E-state index in [4.69, 9.17) is 4.42 Å². The Labute approximate surface area is 125 Å². The molecule has 0 saturated carbocycles. The normalized spacial score (nSPS) is 14.7. The zero-order valence-corrected chi connectivity index (χ0v) is 11.6. The van der Waals surface area contributed by atoms with Gasteiger partial charge in [-0.2, -0.15) is 0 Å². The van der Waals surface area contributed by atoms with E-state index in [2.05, 4.69) is 4.99 Å². The Morgan fingerprint density at radius 1 is 1.05 bits per heavy atom. The number of hydrogen-bond donors (Lipinski definition) is 1. The maximum Gasteiger partial charge on any atom is 0.268 e. The molecule has 0 spiro atoms. The molecule has 0 radical (unpaired) electrons. The molecule has 22 heavy (non-hydrogen) atoms. The van der Waals surface area contributed by atoms with Gasteiger partial charge in [-0.1, -0.05) is 42.5 Å². The van der Waals surface area contributed by atoms with Gasteiger partial charge >= 0.3 is 0 Å². The summed E-state index contributed by atoms with van der Waals surface area (Å²) in [5.74, 6) is -0.416. The van der Waals surface area contributed by atoms with Crippen LogP contribution in [0.4, 0.5) is 0 Å². The van der Waals surface area contributed by atoms with E-state index < -0.39 is 5.91 Å². The predicted octanol–water partition coefficient (Wildman–Crippen LogP) is 1.44. The summed E-state index contributed by atoms with van der Waals surface area (Å²) in [5.41, 5.74) is 2.24. The van der Waals surface area contributed by atoms with Crippen molar-refractivity contribution in [1.29, 1.82) is 0 Å². The number of nitrogens with zero attached hydrogens (tertiary/aromatic N) is 2. The number of fused-ring (bicyclic) bond motifs is 3. The monoisotopic (exact) mass is 292 g/mol. The van der Waals surface area contributed by atoms with Crippen molar-refractivity contribution in [3.8, 4) is 0 Å². The highest BCUT2D eigenvalue weighted by molar-refractivity contribution is 5.85. The second-order valence-corrected chi connectivity index (χ2v) is 5.05. The molecule has 0 atom stereocenters. The van der Waals surface area contributed by atoms with Crippen molar-refractivity contribution >= 4 is 22.6 Å². The van der Waals surface area contributed by atoms with Gasteiger partial charge in [0.1, 0.15) is 23.2 Å². The highest BCUT2D eigenvalue weighted by Gasteiger charge is 2.21. The summed E-state index contributed by atoms with van der Waals surface area (Å²) in [6.07, 6.45) is 0. The zero-order chi connectivity index (χ0) is 15.1. The van der Waals surface area contributed by atoms with E-state index in [0.717, 1.165) is 16.0 Å². The molecule has 0 aliphatic carbocycles. The lowest BCUT2D eigenvalue weighted by atomic mass is 10.1. The van der Waals surface area contributed by atoms with Gasteiger partial charge in [-0.25, -0.2) is 10.1 Å². The fraction of sp³-hybridized carbons (Fsp3) is 0.0588. The van der Waals surface area contributed by atoms with Gasteiger partial charge in [0.05, 0.1) is 0 Å². The molecule has 1 amide bonds. The van der Waals surface area contributed by atoms with E-state index in [9.17, 15) is 10.0 Å². The van der Waals surface area contributed by atoms with Crippen LogP contribution in [0.5, 0.6) is 0 Å². The van der Waals surface area contributed by atoms with E-state index in [1.807, 2.05) is 54.6 Å². The molecule has 0 saturated heterocycles. The average molecular weight is 292 g/mol. The lowest BCUT2D eigenvalue weighted by molar-refractivity contribution is -0.125. The molecule has 5 heteroatoms. The van der Waals surface area contributed by atoms with Crippen molar-refractivity contribution in [2.45, 2.75) is 0 Å². The summed E-state index contributed by atoms with van der Waals surface area (Å²) in [6, 6.07) is 16.7. The first-order valence-electron chi connectivity index (χ1n) is 6.89. The molecule has 108 valence electrons. The molecule has 1 aliphatic rings. The van der Waals surface area contributed by atoms with Crippen LogP contribution < -0.4 is 10.8 Å². The second-order valence-electron chi connectivity index (χ2n) is 5.05. The molecule has 1 aromatic heterocycles. The molecular formula is C17H12N2O3. The molecular weight excluding hydrogens is 280 g/mol.